The summed E-state index contributed by atoms with van der Waals surface area (Å²) >= 11 is 0. The normalized spacial score (nSPS) is 26.5. The van der Waals surface area contributed by atoms with Gasteiger partial charge in [-0.1, -0.05) is 20.8 Å². The minimum absolute atomic E-state index is 0.00997. The first-order chi connectivity index (χ1) is 8.34. The number of rotatable bonds is 6. The van der Waals surface area contributed by atoms with E-state index in [0.717, 1.165) is 26.2 Å². The monoisotopic (exact) mass is 256 g/mol. The number of hydrogen-bond acceptors (Lipinski definition) is 3. The lowest BCUT2D eigenvalue weighted by Gasteiger charge is -2.43. The van der Waals surface area contributed by atoms with Crippen molar-refractivity contribution < 1.29 is 4.74 Å². The number of ether oxygens (including phenoxy) is 1. The molecule has 108 valence electrons. The molecule has 1 aliphatic rings. The van der Waals surface area contributed by atoms with Crippen molar-refractivity contribution in [1.29, 1.82) is 0 Å². The van der Waals surface area contributed by atoms with Crippen LogP contribution in [0.15, 0.2) is 0 Å². The highest BCUT2D eigenvalue weighted by Gasteiger charge is 2.32. The Morgan fingerprint density at radius 2 is 2.06 bits per heavy atom. The van der Waals surface area contributed by atoms with Gasteiger partial charge in [0.15, 0.2) is 0 Å². The molecule has 3 nitrogen and oxygen atoms in total. The molecule has 18 heavy (non-hydrogen) atoms. The number of morpholine rings is 1. The Morgan fingerprint density at radius 3 is 2.56 bits per heavy atom. The summed E-state index contributed by atoms with van der Waals surface area (Å²) in [6.45, 7) is 17.8. The largest absolute Gasteiger partial charge is 0.370 e. The lowest BCUT2D eigenvalue weighted by Crippen LogP contribution is -2.55. The zero-order valence-corrected chi connectivity index (χ0v) is 13.1. The smallest absolute Gasteiger partial charge is 0.0757 e. The van der Waals surface area contributed by atoms with E-state index in [-0.39, 0.29) is 5.60 Å². The fraction of sp³-hybridized carbons (Fsp3) is 1.00. The maximum atomic E-state index is 5.96. The first kappa shape index (κ1) is 15.9. The summed E-state index contributed by atoms with van der Waals surface area (Å²) in [5.41, 5.74) is -0.00997. The summed E-state index contributed by atoms with van der Waals surface area (Å²) in [5, 5.41) is 3.68. The molecule has 3 heteroatoms. The van der Waals surface area contributed by atoms with E-state index in [0.29, 0.717) is 18.1 Å². The van der Waals surface area contributed by atoms with Crippen molar-refractivity contribution in [3.8, 4) is 0 Å². The first-order valence-electron chi connectivity index (χ1n) is 7.47. The van der Waals surface area contributed by atoms with Crippen LogP contribution in [-0.2, 0) is 4.74 Å². The quantitative estimate of drug-likeness (QED) is 0.790. The van der Waals surface area contributed by atoms with Crippen LogP contribution in [-0.4, -0.2) is 48.8 Å². The molecule has 1 heterocycles. The molecule has 0 aliphatic carbocycles. The maximum absolute atomic E-state index is 5.96. The van der Waals surface area contributed by atoms with Crippen molar-refractivity contribution in [2.24, 2.45) is 5.92 Å². The van der Waals surface area contributed by atoms with Gasteiger partial charge in [0.05, 0.1) is 11.7 Å². The van der Waals surface area contributed by atoms with Crippen LogP contribution in [0.4, 0.5) is 0 Å². The van der Waals surface area contributed by atoms with Crippen molar-refractivity contribution in [3.63, 3.8) is 0 Å². The van der Waals surface area contributed by atoms with Crippen LogP contribution in [0.5, 0.6) is 0 Å². The van der Waals surface area contributed by atoms with Crippen LogP contribution >= 0.6 is 0 Å². The van der Waals surface area contributed by atoms with Gasteiger partial charge in [-0.05, 0) is 39.7 Å². The third kappa shape index (κ3) is 5.25. The lowest BCUT2D eigenvalue weighted by atomic mass is 10.0. The van der Waals surface area contributed by atoms with Crippen LogP contribution < -0.4 is 5.32 Å². The Bertz CT molecular complexity index is 241. The van der Waals surface area contributed by atoms with Crippen LogP contribution in [0, 0.1) is 5.92 Å². The maximum Gasteiger partial charge on any atom is 0.0757 e. The highest BCUT2D eigenvalue weighted by molar-refractivity contribution is 4.85. The average Bonchev–Trinajstić information content (AvgIpc) is 2.20. The van der Waals surface area contributed by atoms with Gasteiger partial charge in [0.2, 0.25) is 0 Å². The molecule has 1 rings (SSSR count). The molecule has 0 radical (unpaired) electrons. The highest BCUT2D eigenvalue weighted by Crippen LogP contribution is 2.21. The van der Waals surface area contributed by atoms with Gasteiger partial charge in [-0.15, -0.1) is 0 Å². The summed E-state index contributed by atoms with van der Waals surface area (Å²) in [5.74, 6) is 0.679. The summed E-state index contributed by atoms with van der Waals surface area (Å²) < 4.78 is 5.96. The molecule has 0 aromatic carbocycles. The molecule has 1 saturated heterocycles. The zero-order chi connectivity index (χ0) is 13.8. The Morgan fingerprint density at radius 1 is 1.39 bits per heavy atom. The first-order valence-corrected chi connectivity index (χ1v) is 7.47. The molecule has 0 spiro atoms. The second kappa shape index (κ2) is 6.88. The molecule has 0 amide bonds. The number of nitrogens with zero attached hydrogens (tertiary/aromatic N) is 1. The van der Waals surface area contributed by atoms with E-state index in [1.165, 1.54) is 6.42 Å². The van der Waals surface area contributed by atoms with E-state index in [1.54, 1.807) is 0 Å². The van der Waals surface area contributed by atoms with Crippen LogP contribution in [0.1, 0.15) is 48.0 Å². The fourth-order valence-electron chi connectivity index (χ4n) is 2.84. The molecular formula is C15H32N2O. The van der Waals surface area contributed by atoms with Crippen molar-refractivity contribution in [3.05, 3.63) is 0 Å². The number of hydrogen-bond donors (Lipinski definition) is 1. The minimum Gasteiger partial charge on any atom is -0.370 e. The SMILES string of the molecule is CCCNC(CN1CC(C)OC(C)(C)C1)C(C)C. The van der Waals surface area contributed by atoms with E-state index in [9.17, 15) is 0 Å². The average molecular weight is 256 g/mol. The highest BCUT2D eigenvalue weighted by atomic mass is 16.5. The summed E-state index contributed by atoms with van der Waals surface area (Å²) in [6, 6.07) is 0.589. The Hall–Kier alpha value is -0.120. The summed E-state index contributed by atoms with van der Waals surface area (Å²) in [4.78, 5) is 2.56. The second-order valence-electron chi connectivity index (χ2n) is 6.69. The van der Waals surface area contributed by atoms with Gasteiger partial charge in [0.1, 0.15) is 0 Å². The molecule has 0 saturated carbocycles. The topological polar surface area (TPSA) is 24.5 Å². The van der Waals surface area contributed by atoms with Gasteiger partial charge in [-0.2, -0.15) is 0 Å². The van der Waals surface area contributed by atoms with Gasteiger partial charge in [-0.3, -0.25) is 4.90 Å². The lowest BCUT2D eigenvalue weighted by molar-refractivity contribution is -0.130. The predicted octanol–water partition coefficient (Wildman–Crippen LogP) is 2.51. The molecular weight excluding hydrogens is 224 g/mol. The third-order valence-corrected chi connectivity index (χ3v) is 3.56. The molecule has 1 N–H and O–H groups in total. The van der Waals surface area contributed by atoms with E-state index in [1.807, 2.05) is 0 Å². The van der Waals surface area contributed by atoms with Gasteiger partial charge in [0, 0.05) is 25.7 Å². The molecule has 0 aromatic heterocycles. The van der Waals surface area contributed by atoms with Gasteiger partial charge in [-0.25, -0.2) is 0 Å². The van der Waals surface area contributed by atoms with Gasteiger partial charge >= 0.3 is 0 Å². The van der Waals surface area contributed by atoms with Crippen LogP contribution in [0.25, 0.3) is 0 Å². The molecule has 2 atom stereocenters. The standard InChI is InChI=1S/C15H32N2O/c1-7-8-16-14(12(2)3)10-17-9-13(4)18-15(5,6)11-17/h12-14,16H,7-11H2,1-6H3. The molecule has 1 aliphatic heterocycles. The van der Waals surface area contributed by atoms with Crippen LogP contribution in [0.3, 0.4) is 0 Å². The minimum atomic E-state index is -0.00997. The van der Waals surface area contributed by atoms with Crippen molar-refractivity contribution in [2.45, 2.75) is 65.7 Å². The van der Waals surface area contributed by atoms with E-state index < -0.39 is 0 Å². The third-order valence-electron chi connectivity index (χ3n) is 3.56. The summed E-state index contributed by atoms with van der Waals surface area (Å²) in [7, 11) is 0. The zero-order valence-electron chi connectivity index (χ0n) is 13.1. The molecule has 0 aromatic rings. The van der Waals surface area contributed by atoms with Crippen LogP contribution in [0.2, 0.25) is 0 Å². The summed E-state index contributed by atoms with van der Waals surface area (Å²) in [6.07, 6.45) is 1.54. The molecule has 0 bridgehead atoms. The fourth-order valence-corrected chi connectivity index (χ4v) is 2.84. The predicted molar refractivity (Wildman–Crippen MR) is 78.0 cm³/mol. The van der Waals surface area contributed by atoms with E-state index in [2.05, 4.69) is 51.8 Å². The Kier molecular flexibility index (Phi) is 6.09. The van der Waals surface area contributed by atoms with E-state index >= 15 is 0 Å². The molecule has 2 unspecified atom stereocenters. The Labute approximate surface area is 113 Å². The number of nitrogens with one attached hydrogen (secondary N) is 1. The van der Waals surface area contributed by atoms with Gasteiger partial charge < -0.3 is 10.1 Å². The van der Waals surface area contributed by atoms with E-state index in [4.69, 9.17) is 4.74 Å². The van der Waals surface area contributed by atoms with Gasteiger partial charge in [0.25, 0.3) is 0 Å². The Balaban J connectivity index is 2.52. The van der Waals surface area contributed by atoms with Crippen molar-refractivity contribution in [1.82, 2.24) is 10.2 Å². The van der Waals surface area contributed by atoms with Crippen molar-refractivity contribution >= 4 is 0 Å². The van der Waals surface area contributed by atoms with Crippen molar-refractivity contribution in [2.75, 3.05) is 26.2 Å². The second-order valence-corrected chi connectivity index (χ2v) is 6.69. The molecule has 1 fully saturated rings.